The third-order valence-corrected chi connectivity index (χ3v) is 6.17. The van der Waals surface area contributed by atoms with Gasteiger partial charge in [0.25, 0.3) is 0 Å². The van der Waals surface area contributed by atoms with Crippen LogP contribution in [0.15, 0.2) is 24.4 Å². The number of benzene rings is 1. The molecule has 2 aromatic rings. The van der Waals surface area contributed by atoms with E-state index in [0.717, 1.165) is 31.7 Å². The maximum Gasteiger partial charge on any atom is 0.152 e. The lowest BCUT2D eigenvalue weighted by Crippen LogP contribution is -2.35. The minimum Gasteiger partial charge on any atom is -0.382 e. The average molecular weight is 378 g/mol. The van der Waals surface area contributed by atoms with E-state index in [9.17, 15) is 0 Å². The normalized spacial score (nSPS) is 28.4. The number of hydrogen-bond acceptors (Lipinski definition) is 5. The molecule has 7 heteroatoms. The van der Waals surface area contributed by atoms with Crippen molar-refractivity contribution in [2.75, 3.05) is 23.7 Å². The molecule has 132 valence electrons. The molecular weight excluding hydrogens is 357 g/mol. The van der Waals surface area contributed by atoms with Gasteiger partial charge in [-0.05, 0) is 37.7 Å². The minimum atomic E-state index is -0.0285. The molecule has 1 saturated carbocycles. The van der Waals surface area contributed by atoms with Gasteiger partial charge in [0.2, 0.25) is 0 Å². The van der Waals surface area contributed by atoms with Crippen molar-refractivity contribution in [3.05, 3.63) is 34.4 Å². The van der Waals surface area contributed by atoms with Crippen molar-refractivity contribution in [2.45, 2.75) is 25.3 Å². The van der Waals surface area contributed by atoms with Gasteiger partial charge in [0.05, 0.1) is 16.2 Å². The van der Waals surface area contributed by atoms with Gasteiger partial charge >= 0.3 is 0 Å². The van der Waals surface area contributed by atoms with E-state index in [1.54, 1.807) is 12.3 Å². The van der Waals surface area contributed by atoms with Crippen molar-refractivity contribution in [1.29, 1.82) is 0 Å². The van der Waals surface area contributed by atoms with E-state index in [2.05, 4.69) is 21.8 Å². The molecule has 1 aliphatic heterocycles. The first-order valence-electron chi connectivity index (χ1n) is 8.45. The van der Waals surface area contributed by atoms with E-state index >= 15 is 0 Å². The van der Waals surface area contributed by atoms with Gasteiger partial charge < -0.3 is 16.4 Å². The summed E-state index contributed by atoms with van der Waals surface area (Å²) in [6.45, 7) is 4.07. The lowest BCUT2D eigenvalue weighted by atomic mass is 10.00. The Hall–Kier alpha value is -1.56. The molecule has 0 radical (unpaired) electrons. The first kappa shape index (κ1) is 16.9. The van der Waals surface area contributed by atoms with Crippen LogP contribution in [-0.2, 0) is 0 Å². The predicted octanol–water partition coefficient (Wildman–Crippen LogP) is 3.60. The summed E-state index contributed by atoms with van der Waals surface area (Å²) in [6, 6.07) is 5.40. The topological polar surface area (TPSA) is 81.1 Å². The zero-order chi connectivity index (χ0) is 17.8. The van der Waals surface area contributed by atoms with E-state index in [1.807, 2.05) is 12.1 Å². The quantitative estimate of drug-likeness (QED) is 0.835. The fourth-order valence-corrected chi connectivity index (χ4v) is 4.70. The van der Waals surface area contributed by atoms with Crippen molar-refractivity contribution in [3.8, 4) is 11.3 Å². The van der Waals surface area contributed by atoms with Gasteiger partial charge in [0.1, 0.15) is 11.5 Å². The second-order valence-corrected chi connectivity index (χ2v) is 8.34. The second-order valence-electron chi connectivity index (χ2n) is 7.55. The van der Waals surface area contributed by atoms with E-state index in [1.165, 1.54) is 0 Å². The summed E-state index contributed by atoms with van der Waals surface area (Å²) in [4.78, 5) is 11.4. The Morgan fingerprint density at radius 1 is 1.20 bits per heavy atom. The van der Waals surface area contributed by atoms with Crippen molar-refractivity contribution in [1.82, 2.24) is 9.97 Å². The first-order valence-corrected chi connectivity index (χ1v) is 9.20. The number of nitrogens with two attached hydrogens (primary N) is 2. The van der Waals surface area contributed by atoms with Gasteiger partial charge in [-0.1, -0.05) is 35.3 Å². The summed E-state index contributed by atoms with van der Waals surface area (Å²) in [5.41, 5.74) is 13.7. The molecule has 4 rings (SSSR count). The SMILES string of the molecule is C[C@]1(N)CC2CN(c3cnc(-c4cccc(Cl)c4Cl)c(N)n3)C[C@@H]2C1. The number of nitrogens with zero attached hydrogens (tertiary/aromatic N) is 3. The zero-order valence-corrected chi connectivity index (χ0v) is 15.6. The molecule has 0 spiro atoms. The Bertz CT molecular complexity index is 807. The molecule has 2 heterocycles. The number of fused-ring (bicyclic) bond motifs is 1. The third kappa shape index (κ3) is 3.05. The van der Waals surface area contributed by atoms with Crippen LogP contribution in [0.5, 0.6) is 0 Å². The maximum atomic E-state index is 6.30. The van der Waals surface area contributed by atoms with Crippen molar-refractivity contribution in [2.24, 2.45) is 17.6 Å². The van der Waals surface area contributed by atoms with E-state index in [-0.39, 0.29) is 5.54 Å². The molecule has 1 aromatic heterocycles. The van der Waals surface area contributed by atoms with E-state index < -0.39 is 0 Å². The summed E-state index contributed by atoms with van der Waals surface area (Å²) >= 11 is 12.4. The van der Waals surface area contributed by atoms with Crippen LogP contribution in [0.25, 0.3) is 11.3 Å². The molecular formula is C18H21Cl2N5. The number of anilines is 2. The lowest BCUT2D eigenvalue weighted by Gasteiger charge is -2.23. The molecule has 25 heavy (non-hydrogen) atoms. The third-order valence-electron chi connectivity index (χ3n) is 5.35. The molecule has 5 nitrogen and oxygen atoms in total. The van der Waals surface area contributed by atoms with Crippen molar-refractivity contribution >= 4 is 34.8 Å². The summed E-state index contributed by atoms with van der Waals surface area (Å²) in [5.74, 6) is 2.43. The Kier molecular flexibility index (Phi) is 4.06. The van der Waals surface area contributed by atoms with Crippen LogP contribution in [0.4, 0.5) is 11.6 Å². The smallest absolute Gasteiger partial charge is 0.152 e. The summed E-state index contributed by atoms with van der Waals surface area (Å²) in [7, 11) is 0. The lowest BCUT2D eigenvalue weighted by molar-refractivity contribution is 0.449. The second kappa shape index (κ2) is 6.01. The number of halogens is 2. The molecule has 2 aliphatic rings. The van der Waals surface area contributed by atoms with Crippen LogP contribution in [0.1, 0.15) is 19.8 Å². The largest absolute Gasteiger partial charge is 0.382 e. The fraction of sp³-hybridized carbons (Fsp3) is 0.444. The highest BCUT2D eigenvalue weighted by molar-refractivity contribution is 6.43. The van der Waals surface area contributed by atoms with Crippen LogP contribution in [-0.4, -0.2) is 28.6 Å². The van der Waals surface area contributed by atoms with Crippen molar-refractivity contribution in [3.63, 3.8) is 0 Å². The first-order chi connectivity index (χ1) is 11.8. The molecule has 1 saturated heterocycles. The average Bonchev–Trinajstić information content (AvgIpc) is 3.04. The van der Waals surface area contributed by atoms with Gasteiger partial charge in [-0.2, -0.15) is 0 Å². The molecule has 4 N–H and O–H groups in total. The van der Waals surface area contributed by atoms with Crippen LogP contribution < -0.4 is 16.4 Å². The molecule has 3 atom stereocenters. The highest BCUT2D eigenvalue weighted by Crippen LogP contribution is 2.43. The molecule has 0 amide bonds. The van der Waals surface area contributed by atoms with Crippen LogP contribution in [0.2, 0.25) is 10.0 Å². The summed E-state index contributed by atoms with van der Waals surface area (Å²) in [5, 5.41) is 0.914. The maximum absolute atomic E-state index is 6.30. The Balaban J connectivity index is 1.58. The van der Waals surface area contributed by atoms with Gasteiger partial charge in [0, 0.05) is 24.2 Å². The van der Waals surface area contributed by atoms with Crippen LogP contribution in [0.3, 0.4) is 0 Å². The number of nitrogen functional groups attached to an aromatic ring is 1. The van der Waals surface area contributed by atoms with Gasteiger partial charge in [-0.25, -0.2) is 9.97 Å². The number of rotatable bonds is 2. The van der Waals surface area contributed by atoms with Gasteiger partial charge in [-0.3, -0.25) is 0 Å². The van der Waals surface area contributed by atoms with Crippen molar-refractivity contribution < 1.29 is 0 Å². The highest BCUT2D eigenvalue weighted by Gasteiger charge is 2.45. The Morgan fingerprint density at radius 3 is 2.52 bits per heavy atom. The summed E-state index contributed by atoms with van der Waals surface area (Å²) < 4.78 is 0. The molecule has 0 bridgehead atoms. The van der Waals surface area contributed by atoms with E-state index in [4.69, 9.17) is 34.7 Å². The molecule has 1 unspecified atom stereocenters. The van der Waals surface area contributed by atoms with Crippen LogP contribution >= 0.6 is 23.2 Å². The monoisotopic (exact) mass is 377 g/mol. The van der Waals surface area contributed by atoms with E-state index in [0.29, 0.717) is 39.0 Å². The Labute approximate surface area is 157 Å². The molecule has 1 aliphatic carbocycles. The zero-order valence-electron chi connectivity index (χ0n) is 14.0. The predicted molar refractivity (Wildman–Crippen MR) is 103 cm³/mol. The molecule has 2 fully saturated rings. The molecule has 1 aromatic carbocycles. The van der Waals surface area contributed by atoms with Gasteiger partial charge in [-0.15, -0.1) is 0 Å². The fourth-order valence-electron chi connectivity index (χ4n) is 4.31. The minimum absolute atomic E-state index is 0.0285. The summed E-state index contributed by atoms with van der Waals surface area (Å²) in [6.07, 6.45) is 3.90. The van der Waals surface area contributed by atoms with Gasteiger partial charge in [0.15, 0.2) is 5.82 Å². The standard InChI is InChI=1S/C18H21Cl2N5/c1-18(22)5-10-8-25(9-11(10)6-18)14-7-23-16(17(21)24-14)12-3-2-4-13(19)15(12)20/h2-4,7,10-11H,5-6,8-9,22H2,1H3,(H2,21,24)/t10-,11?,18+/m0/s1. The Morgan fingerprint density at radius 2 is 1.88 bits per heavy atom. The van der Waals surface area contributed by atoms with Crippen LogP contribution in [0, 0.1) is 11.8 Å². The highest BCUT2D eigenvalue weighted by atomic mass is 35.5. The number of hydrogen-bond donors (Lipinski definition) is 2. The number of aromatic nitrogens is 2.